The number of aldehydes is 1. The van der Waals surface area contributed by atoms with E-state index < -0.39 is 0 Å². The maximum absolute atomic E-state index is 11.0. The number of nitrogens with zero attached hydrogens (tertiary/aromatic N) is 4. The summed E-state index contributed by atoms with van der Waals surface area (Å²) in [5.41, 5.74) is 3.91. The van der Waals surface area contributed by atoms with Gasteiger partial charge in [0.1, 0.15) is 0 Å². The molecule has 96 valence electrons. The molecule has 6 heteroatoms. The second-order valence-corrected chi connectivity index (χ2v) is 4.71. The van der Waals surface area contributed by atoms with Gasteiger partial charge in [0.25, 0.3) is 0 Å². The first-order valence-electron chi connectivity index (χ1n) is 5.62. The van der Waals surface area contributed by atoms with Gasteiger partial charge in [-0.3, -0.25) is 14.2 Å². The molecule has 2 aromatic heterocycles. The zero-order chi connectivity index (χ0) is 13.4. The number of carbonyl (C=O) groups excluding carboxylic acids is 1. The van der Waals surface area contributed by atoms with E-state index in [1.165, 1.54) is 0 Å². The van der Waals surface area contributed by atoms with Crippen molar-refractivity contribution in [3.8, 4) is 0 Å². The van der Waals surface area contributed by atoms with Crippen molar-refractivity contribution in [2.75, 3.05) is 0 Å². The van der Waals surface area contributed by atoms with Crippen LogP contribution in [0.1, 0.15) is 33.1 Å². The summed E-state index contributed by atoms with van der Waals surface area (Å²) in [6.07, 6.45) is 0.838. The molecular weight excluding hydrogens is 252 g/mol. The minimum atomic E-state index is 0.511. The Labute approximate surface area is 110 Å². The predicted octanol–water partition coefficient (Wildman–Crippen LogP) is 2.06. The molecule has 2 rings (SSSR count). The summed E-state index contributed by atoms with van der Waals surface area (Å²) < 4.78 is 3.52. The number of aromatic nitrogens is 4. The smallest absolute Gasteiger partial charge is 0.153 e. The zero-order valence-electron chi connectivity index (χ0n) is 10.9. The van der Waals surface area contributed by atoms with E-state index >= 15 is 0 Å². The van der Waals surface area contributed by atoms with Crippen molar-refractivity contribution in [3.05, 3.63) is 33.4 Å². The summed E-state index contributed by atoms with van der Waals surface area (Å²) in [4.78, 5) is 11.0. The van der Waals surface area contributed by atoms with Gasteiger partial charge in [0.2, 0.25) is 0 Å². The highest BCUT2D eigenvalue weighted by Gasteiger charge is 2.15. The molecule has 0 atom stereocenters. The molecule has 0 aliphatic rings. The van der Waals surface area contributed by atoms with Crippen molar-refractivity contribution in [2.24, 2.45) is 7.05 Å². The quantitative estimate of drug-likeness (QED) is 0.799. The number of hydrogen-bond acceptors (Lipinski definition) is 3. The highest BCUT2D eigenvalue weighted by molar-refractivity contribution is 6.31. The lowest BCUT2D eigenvalue weighted by atomic mass is 10.2. The van der Waals surface area contributed by atoms with Crippen molar-refractivity contribution in [1.82, 2.24) is 19.6 Å². The van der Waals surface area contributed by atoms with Crippen LogP contribution >= 0.6 is 11.6 Å². The lowest BCUT2D eigenvalue weighted by molar-refractivity contribution is 0.112. The van der Waals surface area contributed by atoms with E-state index in [4.69, 9.17) is 11.6 Å². The van der Waals surface area contributed by atoms with Gasteiger partial charge in [-0.05, 0) is 20.8 Å². The first kappa shape index (κ1) is 12.8. The van der Waals surface area contributed by atoms with Crippen LogP contribution in [0, 0.1) is 20.8 Å². The monoisotopic (exact) mass is 266 g/mol. The van der Waals surface area contributed by atoms with Crippen LogP contribution in [0.25, 0.3) is 0 Å². The molecule has 0 fully saturated rings. The number of hydrogen-bond donors (Lipinski definition) is 0. The fraction of sp³-hybridized carbons (Fsp3) is 0.417. The van der Waals surface area contributed by atoms with Gasteiger partial charge in [-0.1, -0.05) is 11.6 Å². The molecule has 0 saturated heterocycles. The topological polar surface area (TPSA) is 52.7 Å². The van der Waals surface area contributed by atoms with E-state index in [9.17, 15) is 4.79 Å². The molecular formula is C12H15ClN4O. The normalized spacial score (nSPS) is 10.9. The molecule has 2 aromatic rings. The molecule has 0 unspecified atom stereocenters. The van der Waals surface area contributed by atoms with E-state index in [0.717, 1.165) is 29.1 Å². The minimum absolute atomic E-state index is 0.511. The van der Waals surface area contributed by atoms with Crippen LogP contribution in [-0.2, 0) is 13.6 Å². The zero-order valence-corrected chi connectivity index (χ0v) is 11.6. The van der Waals surface area contributed by atoms with E-state index in [0.29, 0.717) is 17.1 Å². The first-order chi connectivity index (χ1) is 8.45. The standard InChI is InChI=1S/C12H15ClN4O/c1-7-10(6-18)9(3)17(15-7)5-11-12(13)8(2)14-16(11)4/h6H,5H2,1-4H3. The van der Waals surface area contributed by atoms with Gasteiger partial charge in [0.15, 0.2) is 6.29 Å². The molecule has 0 amide bonds. The van der Waals surface area contributed by atoms with Crippen molar-refractivity contribution < 1.29 is 4.79 Å². The fourth-order valence-electron chi connectivity index (χ4n) is 2.03. The van der Waals surface area contributed by atoms with Gasteiger partial charge in [-0.25, -0.2) is 0 Å². The van der Waals surface area contributed by atoms with Crippen molar-refractivity contribution in [1.29, 1.82) is 0 Å². The highest BCUT2D eigenvalue weighted by Crippen LogP contribution is 2.21. The van der Waals surface area contributed by atoms with Gasteiger partial charge in [0, 0.05) is 12.7 Å². The van der Waals surface area contributed by atoms with Crippen LogP contribution in [-0.4, -0.2) is 25.8 Å². The molecule has 18 heavy (non-hydrogen) atoms. The lowest BCUT2D eigenvalue weighted by Gasteiger charge is -2.05. The van der Waals surface area contributed by atoms with Gasteiger partial charge in [-0.2, -0.15) is 10.2 Å². The van der Waals surface area contributed by atoms with E-state index in [-0.39, 0.29) is 0 Å². The largest absolute Gasteiger partial charge is 0.298 e. The van der Waals surface area contributed by atoms with E-state index in [2.05, 4.69) is 10.2 Å². The summed E-state index contributed by atoms with van der Waals surface area (Å²) in [6, 6.07) is 0. The molecule has 0 saturated carbocycles. The summed E-state index contributed by atoms with van der Waals surface area (Å²) in [5, 5.41) is 9.26. The molecule has 2 heterocycles. The van der Waals surface area contributed by atoms with Crippen LogP contribution in [0.4, 0.5) is 0 Å². The average molecular weight is 267 g/mol. The minimum Gasteiger partial charge on any atom is -0.298 e. The first-order valence-corrected chi connectivity index (χ1v) is 6.00. The molecule has 0 spiro atoms. The molecule has 0 aliphatic carbocycles. The number of halogens is 1. The third-order valence-electron chi connectivity index (χ3n) is 3.12. The number of aryl methyl sites for hydroxylation is 3. The van der Waals surface area contributed by atoms with E-state index in [1.807, 2.05) is 27.8 Å². The Morgan fingerprint density at radius 3 is 2.33 bits per heavy atom. The van der Waals surface area contributed by atoms with E-state index in [1.54, 1.807) is 9.36 Å². The molecule has 0 aromatic carbocycles. The maximum Gasteiger partial charge on any atom is 0.153 e. The summed E-state index contributed by atoms with van der Waals surface area (Å²) in [7, 11) is 1.85. The van der Waals surface area contributed by atoms with Crippen LogP contribution in [0.5, 0.6) is 0 Å². The third-order valence-corrected chi connectivity index (χ3v) is 3.61. The molecule has 0 radical (unpaired) electrons. The summed E-state index contributed by atoms with van der Waals surface area (Å²) >= 11 is 6.20. The Hall–Kier alpha value is -1.62. The van der Waals surface area contributed by atoms with Crippen LogP contribution in [0.2, 0.25) is 5.02 Å². The summed E-state index contributed by atoms with van der Waals surface area (Å²) in [5.74, 6) is 0. The molecule has 0 N–H and O–H groups in total. The Kier molecular flexibility index (Phi) is 3.26. The number of carbonyl (C=O) groups is 1. The Balaban J connectivity index is 2.43. The van der Waals surface area contributed by atoms with Gasteiger partial charge in [0.05, 0.1) is 34.2 Å². The predicted molar refractivity (Wildman–Crippen MR) is 69.1 cm³/mol. The highest BCUT2D eigenvalue weighted by atomic mass is 35.5. The SMILES string of the molecule is Cc1nn(C)c(Cn2nc(C)c(C=O)c2C)c1Cl. The second kappa shape index (κ2) is 4.57. The number of rotatable bonds is 3. The van der Waals surface area contributed by atoms with Crippen molar-refractivity contribution >= 4 is 17.9 Å². The lowest BCUT2D eigenvalue weighted by Crippen LogP contribution is -2.09. The Bertz CT molecular complexity index is 612. The van der Waals surface area contributed by atoms with Crippen molar-refractivity contribution in [2.45, 2.75) is 27.3 Å². The molecule has 5 nitrogen and oxygen atoms in total. The van der Waals surface area contributed by atoms with Crippen LogP contribution in [0.15, 0.2) is 0 Å². The van der Waals surface area contributed by atoms with Gasteiger partial charge >= 0.3 is 0 Å². The Morgan fingerprint density at radius 2 is 1.89 bits per heavy atom. The maximum atomic E-state index is 11.0. The van der Waals surface area contributed by atoms with Crippen LogP contribution in [0.3, 0.4) is 0 Å². The second-order valence-electron chi connectivity index (χ2n) is 4.33. The van der Waals surface area contributed by atoms with Gasteiger partial charge in [-0.15, -0.1) is 0 Å². The van der Waals surface area contributed by atoms with Gasteiger partial charge < -0.3 is 0 Å². The molecule has 0 aliphatic heterocycles. The molecule has 0 bridgehead atoms. The Morgan fingerprint density at radius 1 is 1.22 bits per heavy atom. The van der Waals surface area contributed by atoms with Crippen molar-refractivity contribution in [3.63, 3.8) is 0 Å². The summed E-state index contributed by atoms with van der Waals surface area (Å²) in [6.45, 7) is 6.07. The van der Waals surface area contributed by atoms with Crippen LogP contribution < -0.4 is 0 Å². The average Bonchev–Trinajstić information content (AvgIpc) is 2.71. The third kappa shape index (κ3) is 1.95. The fourth-order valence-corrected chi connectivity index (χ4v) is 2.25.